The lowest BCUT2D eigenvalue weighted by atomic mass is 10.2. The fourth-order valence-electron chi connectivity index (χ4n) is 1.33. The zero-order valence-corrected chi connectivity index (χ0v) is 10.2. The molecule has 1 rings (SSSR count). The Kier molecular flexibility index (Phi) is 5.66. The molecule has 0 aliphatic heterocycles. The molecule has 1 aromatic carbocycles. The SMILES string of the molecule is C=C/C=C(\C=C/CC)OCc1ccccc1N. The maximum absolute atomic E-state index is 5.84. The second kappa shape index (κ2) is 7.34. The highest BCUT2D eigenvalue weighted by atomic mass is 16.5. The number of benzene rings is 1. The molecular formula is C15H19NO. The molecule has 0 bridgehead atoms. The molecule has 0 saturated heterocycles. The second-order valence-corrected chi connectivity index (χ2v) is 3.60. The Labute approximate surface area is 103 Å². The first kappa shape index (κ1) is 13.1. The number of ether oxygens (including phenoxy) is 1. The zero-order chi connectivity index (χ0) is 12.5. The van der Waals surface area contributed by atoms with E-state index < -0.39 is 0 Å². The van der Waals surface area contributed by atoms with Crippen LogP contribution in [0.15, 0.2) is 60.9 Å². The average Bonchev–Trinajstić information content (AvgIpc) is 2.34. The molecule has 2 heteroatoms. The van der Waals surface area contributed by atoms with Gasteiger partial charge in [-0.15, -0.1) is 0 Å². The molecule has 0 atom stereocenters. The molecule has 0 unspecified atom stereocenters. The van der Waals surface area contributed by atoms with Crippen molar-refractivity contribution in [3.8, 4) is 0 Å². The Bertz CT molecular complexity index is 419. The van der Waals surface area contributed by atoms with Gasteiger partial charge in [-0.2, -0.15) is 0 Å². The van der Waals surface area contributed by atoms with Gasteiger partial charge in [-0.05, 0) is 24.6 Å². The maximum atomic E-state index is 5.84. The van der Waals surface area contributed by atoms with Crippen LogP contribution >= 0.6 is 0 Å². The summed E-state index contributed by atoms with van der Waals surface area (Å²) in [6.45, 7) is 6.22. The van der Waals surface area contributed by atoms with Crippen LogP contribution in [-0.4, -0.2) is 0 Å². The summed E-state index contributed by atoms with van der Waals surface area (Å²) in [5, 5.41) is 0. The number of para-hydroxylation sites is 1. The molecule has 0 fully saturated rings. The summed E-state index contributed by atoms with van der Waals surface area (Å²) in [4.78, 5) is 0. The third-order valence-electron chi connectivity index (χ3n) is 2.25. The van der Waals surface area contributed by atoms with Gasteiger partial charge in [-0.25, -0.2) is 0 Å². The van der Waals surface area contributed by atoms with Gasteiger partial charge in [0.1, 0.15) is 12.4 Å². The van der Waals surface area contributed by atoms with E-state index in [1.165, 1.54) is 0 Å². The quantitative estimate of drug-likeness (QED) is 0.457. The topological polar surface area (TPSA) is 35.2 Å². The number of hydrogen-bond acceptors (Lipinski definition) is 2. The average molecular weight is 229 g/mol. The van der Waals surface area contributed by atoms with E-state index in [-0.39, 0.29) is 0 Å². The summed E-state index contributed by atoms with van der Waals surface area (Å²) in [7, 11) is 0. The van der Waals surface area contributed by atoms with E-state index in [9.17, 15) is 0 Å². The molecule has 0 aliphatic rings. The third-order valence-corrected chi connectivity index (χ3v) is 2.25. The number of rotatable bonds is 6. The molecule has 2 nitrogen and oxygen atoms in total. The second-order valence-electron chi connectivity index (χ2n) is 3.60. The van der Waals surface area contributed by atoms with E-state index in [0.717, 1.165) is 23.4 Å². The van der Waals surface area contributed by atoms with Crippen molar-refractivity contribution in [1.82, 2.24) is 0 Å². The molecular weight excluding hydrogens is 210 g/mol. The standard InChI is InChI=1S/C15H19NO/c1-3-5-10-14(8-4-2)17-12-13-9-6-7-11-15(13)16/h4-11H,2-3,12,16H2,1H3/b10-5-,14-8+. The van der Waals surface area contributed by atoms with Crippen LogP contribution in [0.25, 0.3) is 0 Å². The number of nitrogen functional groups attached to an aromatic ring is 1. The minimum atomic E-state index is 0.473. The maximum Gasteiger partial charge on any atom is 0.119 e. The van der Waals surface area contributed by atoms with E-state index in [4.69, 9.17) is 10.5 Å². The molecule has 0 aliphatic carbocycles. The van der Waals surface area contributed by atoms with E-state index in [1.54, 1.807) is 6.08 Å². The van der Waals surface area contributed by atoms with Crippen LogP contribution in [0.3, 0.4) is 0 Å². The summed E-state index contributed by atoms with van der Waals surface area (Å²) >= 11 is 0. The van der Waals surface area contributed by atoms with Gasteiger partial charge >= 0.3 is 0 Å². The molecule has 17 heavy (non-hydrogen) atoms. The third kappa shape index (κ3) is 4.60. The molecule has 0 radical (unpaired) electrons. The highest BCUT2D eigenvalue weighted by molar-refractivity contribution is 5.45. The molecule has 90 valence electrons. The van der Waals surface area contributed by atoms with Crippen molar-refractivity contribution >= 4 is 5.69 Å². The fourth-order valence-corrected chi connectivity index (χ4v) is 1.33. The van der Waals surface area contributed by atoms with Crippen molar-refractivity contribution in [2.75, 3.05) is 5.73 Å². The molecule has 0 amide bonds. The van der Waals surface area contributed by atoms with Crippen molar-refractivity contribution in [3.63, 3.8) is 0 Å². The van der Waals surface area contributed by atoms with Crippen LogP contribution in [-0.2, 0) is 11.3 Å². The summed E-state index contributed by atoms with van der Waals surface area (Å²) in [5.41, 5.74) is 7.59. The first-order valence-electron chi connectivity index (χ1n) is 5.73. The Balaban J connectivity index is 2.64. The number of hydrogen-bond donors (Lipinski definition) is 1. The van der Waals surface area contributed by atoms with E-state index in [0.29, 0.717) is 6.61 Å². The van der Waals surface area contributed by atoms with Crippen LogP contribution in [0.5, 0.6) is 0 Å². The van der Waals surface area contributed by atoms with Crippen LogP contribution in [0.1, 0.15) is 18.9 Å². The van der Waals surface area contributed by atoms with Gasteiger partial charge < -0.3 is 10.5 Å². The predicted octanol–water partition coefficient (Wildman–Crippen LogP) is 3.82. The molecule has 0 spiro atoms. The lowest BCUT2D eigenvalue weighted by Gasteiger charge is -2.08. The largest absolute Gasteiger partial charge is 0.489 e. The monoisotopic (exact) mass is 229 g/mol. The predicted molar refractivity (Wildman–Crippen MR) is 73.4 cm³/mol. The van der Waals surface area contributed by atoms with Crippen molar-refractivity contribution in [2.45, 2.75) is 20.0 Å². The Morgan fingerprint density at radius 2 is 2.18 bits per heavy atom. The van der Waals surface area contributed by atoms with Crippen LogP contribution in [0.2, 0.25) is 0 Å². The number of anilines is 1. The molecule has 2 N–H and O–H groups in total. The Morgan fingerprint density at radius 1 is 1.41 bits per heavy atom. The van der Waals surface area contributed by atoms with Gasteiger partial charge in [0.05, 0.1) is 0 Å². The first-order valence-corrected chi connectivity index (χ1v) is 5.73. The zero-order valence-electron chi connectivity index (χ0n) is 10.2. The molecule has 0 aromatic heterocycles. The van der Waals surface area contributed by atoms with Gasteiger partial charge in [-0.1, -0.05) is 43.9 Å². The van der Waals surface area contributed by atoms with Gasteiger partial charge in [-0.3, -0.25) is 0 Å². The van der Waals surface area contributed by atoms with Crippen LogP contribution in [0.4, 0.5) is 5.69 Å². The minimum Gasteiger partial charge on any atom is -0.489 e. The van der Waals surface area contributed by atoms with Gasteiger partial charge in [0.2, 0.25) is 0 Å². The van der Waals surface area contributed by atoms with Crippen molar-refractivity contribution in [3.05, 3.63) is 66.5 Å². The normalized spacial score (nSPS) is 11.7. The lowest BCUT2D eigenvalue weighted by Crippen LogP contribution is -1.97. The fraction of sp³-hybridized carbons (Fsp3) is 0.200. The summed E-state index contributed by atoms with van der Waals surface area (Å²) in [5.74, 6) is 0.796. The van der Waals surface area contributed by atoms with Gasteiger partial charge in [0.25, 0.3) is 0 Å². The Hall–Kier alpha value is -1.96. The van der Waals surface area contributed by atoms with Gasteiger partial charge in [0, 0.05) is 11.3 Å². The van der Waals surface area contributed by atoms with Crippen LogP contribution < -0.4 is 5.73 Å². The van der Waals surface area contributed by atoms with Crippen LogP contribution in [0, 0.1) is 0 Å². The number of nitrogens with two attached hydrogens (primary N) is 1. The van der Waals surface area contributed by atoms with Crippen molar-refractivity contribution in [1.29, 1.82) is 0 Å². The van der Waals surface area contributed by atoms with E-state index in [2.05, 4.69) is 13.5 Å². The molecule has 1 aromatic rings. The van der Waals surface area contributed by atoms with E-state index in [1.807, 2.05) is 42.5 Å². The highest BCUT2D eigenvalue weighted by Crippen LogP contribution is 2.14. The van der Waals surface area contributed by atoms with Crippen molar-refractivity contribution in [2.24, 2.45) is 0 Å². The van der Waals surface area contributed by atoms with E-state index >= 15 is 0 Å². The summed E-state index contributed by atoms with van der Waals surface area (Å²) in [6.07, 6.45) is 8.52. The first-order chi connectivity index (χ1) is 8.27. The lowest BCUT2D eigenvalue weighted by molar-refractivity contribution is 0.211. The molecule has 0 saturated carbocycles. The molecule has 0 heterocycles. The summed E-state index contributed by atoms with van der Waals surface area (Å²) < 4.78 is 5.67. The summed E-state index contributed by atoms with van der Waals surface area (Å²) in [6, 6.07) is 7.70. The minimum absolute atomic E-state index is 0.473. The van der Waals surface area contributed by atoms with Gasteiger partial charge in [0.15, 0.2) is 0 Å². The highest BCUT2D eigenvalue weighted by Gasteiger charge is 1.99. The Morgan fingerprint density at radius 3 is 2.82 bits per heavy atom. The smallest absolute Gasteiger partial charge is 0.119 e. The number of allylic oxidation sites excluding steroid dienone is 4. The van der Waals surface area contributed by atoms with Crippen molar-refractivity contribution < 1.29 is 4.74 Å².